The minimum Gasteiger partial charge on any atom is -0.545 e. The van der Waals surface area contributed by atoms with Gasteiger partial charge in [-0.2, -0.15) is 0 Å². The van der Waals surface area contributed by atoms with Crippen molar-refractivity contribution in [2.75, 3.05) is 0 Å². The normalized spacial score (nSPS) is 9.08. The average molecular weight is 440 g/mol. The third kappa shape index (κ3) is 12.3. The fourth-order valence-corrected chi connectivity index (χ4v) is 1.90. The summed E-state index contributed by atoms with van der Waals surface area (Å²) in [4.78, 5) is 34.5. The first-order valence-corrected chi connectivity index (χ1v) is 7.31. The van der Waals surface area contributed by atoms with Gasteiger partial charge >= 0.3 is 20.1 Å². The van der Waals surface area contributed by atoms with E-state index in [4.69, 9.17) is 14.4 Å². The van der Waals surface area contributed by atoms with E-state index in [2.05, 4.69) is 68.1 Å². The molecular formula is C19H24N3O3Tc+2. The smallest absolute Gasteiger partial charge is 0.545 e. The molecule has 2 heterocycles. The van der Waals surface area contributed by atoms with Gasteiger partial charge in [-0.1, -0.05) is 12.1 Å². The number of hydrogen-bond acceptors (Lipinski definition) is 6. The van der Waals surface area contributed by atoms with Crippen LogP contribution in [0.5, 0.6) is 0 Å². The topological polar surface area (TPSA) is 80.2 Å². The number of aromatic nitrogens is 2. The Morgan fingerprint density at radius 3 is 1.35 bits per heavy atom. The number of hydrogen-bond donors (Lipinski definition) is 0. The van der Waals surface area contributed by atoms with E-state index >= 15 is 0 Å². The molecule has 6 nitrogen and oxygen atoms in total. The molecule has 7 heteroatoms. The molecule has 0 aromatic carbocycles. The number of rotatable bonds is 4. The fraction of sp³-hybridized carbons (Fsp3) is 0.316. The van der Waals surface area contributed by atoms with Gasteiger partial charge in [-0.05, 0) is 45.0 Å². The summed E-state index contributed by atoms with van der Waals surface area (Å²) in [5, 5.41) is 0. The van der Waals surface area contributed by atoms with Crippen molar-refractivity contribution in [3.63, 3.8) is 0 Å². The van der Waals surface area contributed by atoms with E-state index in [-0.39, 0.29) is 25.6 Å². The third-order valence-electron chi connectivity index (χ3n) is 3.11. The standard InChI is InChI=1S/C16H21N3.3CHO.Tc/c1-16(2,3)19(12-14-8-4-6-10-17-14)13-15-9-5-7-11-18-15;3*1-2;/h4-11H,12-13H2,1-3H3;3*1H;/q;3*-1;+5. The van der Waals surface area contributed by atoms with Crippen LogP contribution in [-0.2, 0) is 47.6 Å². The molecule has 0 radical (unpaired) electrons. The van der Waals surface area contributed by atoms with Crippen molar-refractivity contribution in [1.29, 1.82) is 0 Å². The molecule has 26 heavy (non-hydrogen) atoms. The molecule has 138 valence electrons. The summed E-state index contributed by atoms with van der Waals surface area (Å²) in [6.45, 7) is 18.1. The molecule has 0 aliphatic carbocycles. The second-order valence-electron chi connectivity index (χ2n) is 5.67. The quantitative estimate of drug-likeness (QED) is 0.537. The van der Waals surface area contributed by atoms with Crippen LogP contribution in [0.4, 0.5) is 0 Å². The molecule has 0 aliphatic heterocycles. The molecular weight excluding hydrogens is 416 g/mol. The second kappa shape index (κ2) is 17.7. The van der Waals surface area contributed by atoms with Gasteiger partial charge in [0, 0.05) is 31.0 Å². The maximum atomic E-state index is 7.75. The van der Waals surface area contributed by atoms with Crippen LogP contribution in [0.3, 0.4) is 0 Å². The summed E-state index contributed by atoms with van der Waals surface area (Å²) in [6, 6.07) is 12.1. The van der Waals surface area contributed by atoms with E-state index in [1.165, 1.54) is 0 Å². The Labute approximate surface area is 169 Å². The zero-order valence-electron chi connectivity index (χ0n) is 15.2. The molecule has 0 aliphatic rings. The zero-order chi connectivity index (χ0) is 19.7. The van der Waals surface area contributed by atoms with Crippen LogP contribution in [0.15, 0.2) is 48.8 Å². The molecule has 0 atom stereocenters. The van der Waals surface area contributed by atoms with Crippen LogP contribution >= 0.6 is 0 Å². The maximum Gasteiger partial charge on any atom is 5.00 e. The van der Waals surface area contributed by atoms with E-state index in [0.717, 1.165) is 24.5 Å². The van der Waals surface area contributed by atoms with Crippen molar-refractivity contribution in [2.45, 2.75) is 39.4 Å². The molecule has 0 fully saturated rings. The summed E-state index contributed by atoms with van der Waals surface area (Å²) in [7, 11) is 0. The SMILES string of the molecule is CC(C)(C)N(Cc1ccccn1)Cc1ccccn1.[CH-]=O.[CH-]=O.[CH-]=O.[Tc+5]. The monoisotopic (exact) mass is 439 g/mol. The van der Waals surface area contributed by atoms with E-state index < -0.39 is 0 Å². The van der Waals surface area contributed by atoms with E-state index in [9.17, 15) is 0 Å². The van der Waals surface area contributed by atoms with Gasteiger partial charge in [0.05, 0.1) is 11.4 Å². The van der Waals surface area contributed by atoms with E-state index in [1.807, 2.05) is 36.7 Å². The van der Waals surface area contributed by atoms with Crippen molar-refractivity contribution < 1.29 is 34.5 Å². The van der Waals surface area contributed by atoms with Gasteiger partial charge in [0.2, 0.25) is 0 Å². The van der Waals surface area contributed by atoms with Gasteiger partial charge < -0.3 is 14.4 Å². The first-order chi connectivity index (χ1) is 12.1. The number of carbonyl (C=O) groups excluding carboxylic acids is 3. The van der Waals surface area contributed by atoms with Crippen molar-refractivity contribution in [1.82, 2.24) is 14.9 Å². The average Bonchev–Trinajstić information content (AvgIpc) is 2.67. The van der Waals surface area contributed by atoms with E-state index in [1.54, 1.807) is 0 Å². The minimum atomic E-state index is 0. The molecule has 0 spiro atoms. The predicted molar refractivity (Wildman–Crippen MR) is 97.7 cm³/mol. The van der Waals surface area contributed by atoms with Gasteiger partial charge in [-0.3, -0.25) is 35.2 Å². The summed E-state index contributed by atoms with van der Waals surface area (Å²) in [5.41, 5.74) is 2.26. The first kappa shape index (κ1) is 28.7. The van der Waals surface area contributed by atoms with Crippen LogP contribution in [0.2, 0.25) is 0 Å². The Kier molecular flexibility index (Phi) is 19.6. The van der Waals surface area contributed by atoms with Crippen molar-refractivity contribution in [3.05, 3.63) is 60.2 Å². The van der Waals surface area contributed by atoms with Crippen LogP contribution < -0.4 is 0 Å². The molecule has 0 amide bonds. The Morgan fingerprint density at radius 1 is 0.769 bits per heavy atom. The molecule has 0 bridgehead atoms. The minimum absolute atomic E-state index is 0. The van der Waals surface area contributed by atoms with Crippen LogP contribution in [0, 0.1) is 0 Å². The predicted octanol–water partition coefficient (Wildman–Crippen LogP) is 2.45. The van der Waals surface area contributed by atoms with E-state index in [0.29, 0.717) is 0 Å². The Bertz CT molecular complexity index is 505. The Hall–Kier alpha value is -2.08. The number of pyridine rings is 2. The van der Waals surface area contributed by atoms with Crippen LogP contribution in [-0.4, -0.2) is 40.8 Å². The summed E-state index contributed by atoms with van der Waals surface area (Å²) in [5.74, 6) is 0. The molecule has 0 unspecified atom stereocenters. The Morgan fingerprint density at radius 2 is 1.12 bits per heavy atom. The molecule has 2 rings (SSSR count). The Balaban J connectivity index is -0.000000686. The van der Waals surface area contributed by atoms with Crippen LogP contribution in [0.1, 0.15) is 32.2 Å². The van der Waals surface area contributed by atoms with Crippen molar-refractivity contribution in [2.24, 2.45) is 0 Å². The summed E-state index contributed by atoms with van der Waals surface area (Å²) in [6.07, 6.45) is 3.69. The maximum absolute atomic E-state index is 7.75. The third-order valence-corrected chi connectivity index (χ3v) is 3.11. The second-order valence-corrected chi connectivity index (χ2v) is 5.67. The molecule has 0 N–H and O–H groups in total. The zero-order valence-corrected chi connectivity index (χ0v) is 17.1. The fourth-order valence-electron chi connectivity index (χ4n) is 1.90. The van der Waals surface area contributed by atoms with Crippen LogP contribution in [0.25, 0.3) is 0 Å². The molecule has 0 saturated carbocycles. The van der Waals surface area contributed by atoms with Gasteiger partial charge in [0.25, 0.3) is 0 Å². The van der Waals surface area contributed by atoms with Crippen molar-refractivity contribution in [3.8, 4) is 0 Å². The van der Waals surface area contributed by atoms with Gasteiger partial charge in [-0.15, -0.1) is 0 Å². The summed E-state index contributed by atoms with van der Waals surface area (Å²) < 4.78 is 0. The molecule has 2 aromatic heterocycles. The van der Waals surface area contributed by atoms with Gasteiger partial charge in [-0.25, -0.2) is 0 Å². The van der Waals surface area contributed by atoms with Crippen molar-refractivity contribution >= 4 is 20.4 Å². The first-order valence-electron chi connectivity index (χ1n) is 7.31. The van der Waals surface area contributed by atoms with Gasteiger partial charge in [0.1, 0.15) is 0 Å². The molecule has 0 saturated heterocycles. The molecule has 2 aromatic rings. The van der Waals surface area contributed by atoms with Gasteiger partial charge in [0.15, 0.2) is 0 Å². The largest absolute Gasteiger partial charge is 5.00 e. The number of nitrogens with zero attached hydrogens (tertiary/aromatic N) is 3. The summed E-state index contributed by atoms with van der Waals surface area (Å²) >= 11 is 0.